The molecule has 0 radical (unpaired) electrons. The molecule has 4 rings (SSSR count). The van der Waals surface area contributed by atoms with E-state index in [0.29, 0.717) is 6.42 Å². The van der Waals surface area contributed by atoms with E-state index in [1.54, 1.807) is 7.11 Å². The number of benzene rings is 1. The Morgan fingerprint density at radius 1 is 1.27 bits per heavy atom. The van der Waals surface area contributed by atoms with Gasteiger partial charge in [0.25, 0.3) is 0 Å². The fraction of sp³-hybridized carbons (Fsp3) is 0.550. The molecule has 0 spiro atoms. The molecule has 1 aromatic heterocycles. The minimum absolute atomic E-state index is 0.210. The SMILES string of the molecule is CCCc1nnc2n1C[C@H]1CC[C@@H](C2)N1C(=O)Cc1cccc(OC)c1. The first-order chi connectivity index (χ1) is 12.7. The number of ether oxygens (including phenoxy) is 1. The molecule has 2 aliphatic heterocycles. The lowest BCUT2D eigenvalue weighted by molar-refractivity contribution is -0.133. The molecule has 26 heavy (non-hydrogen) atoms. The van der Waals surface area contributed by atoms with Crippen molar-refractivity contribution < 1.29 is 9.53 Å². The van der Waals surface area contributed by atoms with Gasteiger partial charge in [0.15, 0.2) is 0 Å². The third kappa shape index (κ3) is 3.08. The Morgan fingerprint density at radius 3 is 2.92 bits per heavy atom. The summed E-state index contributed by atoms with van der Waals surface area (Å²) in [6, 6.07) is 8.30. The number of carbonyl (C=O) groups is 1. The fourth-order valence-electron chi connectivity index (χ4n) is 4.36. The van der Waals surface area contributed by atoms with Crippen LogP contribution in [0, 0.1) is 0 Å². The summed E-state index contributed by atoms with van der Waals surface area (Å²) in [5, 5.41) is 8.79. The first-order valence-corrected chi connectivity index (χ1v) is 9.54. The average molecular weight is 354 g/mol. The molecule has 2 aliphatic rings. The number of amides is 1. The summed E-state index contributed by atoms with van der Waals surface area (Å²) >= 11 is 0. The Balaban J connectivity index is 1.53. The number of carbonyl (C=O) groups excluding carboxylic acids is 1. The van der Waals surface area contributed by atoms with E-state index in [4.69, 9.17) is 4.74 Å². The lowest BCUT2D eigenvalue weighted by Gasteiger charge is -2.28. The van der Waals surface area contributed by atoms with E-state index in [-0.39, 0.29) is 18.0 Å². The summed E-state index contributed by atoms with van der Waals surface area (Å²) in [7, 11) is 1.65. The highest BCUT2D eigenvalue weighted by Gasteiger charge is 2.40. The van der Waals surface area contributed by atoms with Gasteiger partial charge in [-0.3, -0.25) is 4.79 Å². The molecule has 1 aromatic carbocycles. The molecule has 2 bridgehead atoms. The lowest BCUT2D eigenvalue weighted by atomic mass is 10.1. The molecule has 0 aliphatic carbocycles. The third-order valence-corrected chi connectivity index (χ3v) is 5.59. The molecule has 1 saturated heterocycles. The van der Waals surface area contributed by atoms with Crippen LogP contribution in [0.3, 0.4) is 0 Å². The van der Waals surface area contributed by atoms with E-state index < -0.39 is 0 Å². The molecule has 2 atom stereocenters. The van der Waals surface area contributed by atoms with E-state index in [1.165, 1.54) is 0 Å². The summed E-state index contributed by atoms with van der Waals surface area (Å²) in [6.45, 7) is 2.99. The molecular weight excluding hydrogens is 328 g/mol. The maximum absolute atomic E-state index is 13.1. The van der Waals surface area contributed by atoms with E-state index >= 15 is 0 Å². The van der Waals surface area contributed by atoms with Crippen molar-refractivity contribution in [3.8, 4) is 5.75 Å². The van der Waals surface area contributed by atoms with Crippen LogP contribution in [0.4, 0.5) is 0 Å². The van der Waals surface area contributed by atoms with Gasteiger partial charge in [0.1, 0.15) is 17.4 Å². The zero-order chi connectivity index (χ0) is 18.1. The number of methoxy groups -OCH3 is 1. The Hall–Kier alpha value is -2.37. The molecule has 0 unspecified atom stereocenters. The largest absolute Gasteiger partial charge is 0.497 e. The van der Waals surface area contributed by atoms with Gasteiger partial charge < -0.3 is 14.2 Å². The van der Waals surface area contributed by atoms with Crippen LogP contribution in [0.2, 0.25) is 0 Å². The summed E-state index contributed by atoms with van der Waals surface area (Å²) in [5.41, 5.74) is 1.00. The van der Waals surface area contributed by atoms with Crippen LogP contribution in [-0.2, 0) is 30.6 Å². The average Bonchev–Trinajstić information content (AvgIpc) is 3.15. The van der Waals surface area contributed by atoms with Gasteiger partial charge in [0.05, 0.1) is 19.6 Å². The second kappa shape index (κ2) is 7.09. The molecule has 6 heteroatoms. The van der Waals surface area contributed by atoms with Crippen molar-refractivity contribution in [1.29, 1.82) is 0 Å². The van der Waals surface area contributed by atoms with Crippen molar-refractivity contribution in [2.45, 2.75) is 64.1 Å². The zero-order valence-corrected chi connectivity index (χ0v) is 15.5. The van der Waals surface area contributed by atoms with Crippen LogP contribution in [0.15, 0.2) is 24.3 Å². The van der Waals surface area contributed by atoms with Crippen molar-refractivity contribution in [2.24, 2.45) is 0 Å². The van der Waals surface area contributed by atoms with Crippen molar-refractivity contribution >= 4 is 5.91 Å². The number of rotatable bonds is 5. The van der Waals surface area contributed by atoms with Gasteiger partial charge in [-0.05, 0) is 37.0 Å². The van der Waals surface area contributed by atoms with Crippen molar-refractivity contribution in [1.82, 2.24) is 19.7 Å². The Bertz CT molecular complexity index is 801. The molecule has 3 heterocycles. The van der Waals surface area contributed by atoms with Crippen LogP contribution in [0.1, 0.15) is 43.4 Å². The highest BCUT2D eigenvalue weighted by molar-refractivity contribution is 5.80. The second-order valence-corrected chi connectivity index (χ2v) is 7.31. The fourth-order valence-corrected chi connectivity index (χ4v) is 4.36. The number of aryl methyl sites for hydroxylation is 1. The first kappa shape index (κ1) is 17.1. The predicted octanol–water partition coefficient (Wildman–Crippen LogP) is 2.40. The number of nitrogens with zero attached hydrogens (tertiary/aromatic N) is 4. The summed E-state index contributed by atoms with van der Waals surface area (Å²) in [4.78, 5) is 15.2. The van der Waals surface area contributed by atoms with Crippen LogP contribution in [0.25, 0.3) is 0 Å². The summed E-state index contributed by atoms with van der Waals surface area (Å²) in [5.74, 6) is 3.11. The molecular formula is C20H26N4O2. The van der Waals surface area contributed by atoms with Gasteiger partial charge in [-0.25, -0.2) is 0 Å². The number of hydrogen-bond acceptors (Lipinski definition) is 4. The van der Waals surface area contributed by atoms with Crippen molar-refractivity contribution in [2.75, 3.05) is 7.11 Å². The van der Waals surface area contributed by atoms with Crippen LogP contribution >= 0.6 is 0 Å². The van der Waals surface area contributed by atoms with E-state index in [2.05, 4.69) is 26.6 Å². The van der Waals surface area contributed by atoms with Gasteiger partial charge in [-0.2, -0.15) is 0 Å². The van der Waals surface area contributed by atoms with Crippen LogP contribution in [-0.4, -0.2) is 44.8 Å². The summed E-state index contributed by atoms with van der Waals surface area (Å²) in [6.07, 6.45) is 5.37. The highest BCUT2D eigenvalue weighted by atomic mass is 16.5. The standard InChI is InChI=1S/C20H26N4O2/c1-3-5-18-21-22-19-12-15-8-9-16(13-23(18)19)24(15)20(25)11-14-6-4-7-17(10-14)26-2/h4,6-7,10,15-16H,3,5,8-9,11-13H2,1-2H3/t15-,16+/m0/s1. The minimum atomic E-state index is 0.210. The van der Waals surface area contributed by atoms with Crippen molar-refractivity contribution in [3.63, 3.8) is 0 Å². The molecule has 0 N–H and O–H groups in total. The number of aromatic nitrogens is 3. The lowest BCUT2D eigenvalue weighted by Crippen LogP contribution is -2.43. The summed E-state index contributed by atoms with van der Waals surface area (Å²) < 4.78 is 7.54. The Labute approximate surface area is 154 Å². The molecule has 0 saturated carbocycles. The second-order valence-electron chi connectivity index (χ2n) is 7.31. The van der Waals surface area contributed by atoms with E-state index in [0.717, 1.165) is 61.6 Å². The molecule has 1 fully saturated rings. The topological polar surface area (TPSA) is 60.2 Å². The normalized spacial score (nSPS) is 21.4. The monoisotopic (exact) mass is 354 g/mol. The van der Waals surface area contributed by atoms with Crippen molar-refractivity contribution in [3.05, 3.63) is 41.5 Å². The van der Waals surface area contributed by atoms with Crippen LogP contribution < -0.4 is 4.74 Å². The zero-order valence-electron chi connectivity index (χ0n) is 15.5. The molecule has 1 amide bonds. The smallest absolute Gasteiger partial charge is 0.227 e. The quantitative estimate of drug-likeness (QED) is 0.827. The van der Waals surface area contributed by atoms with Gasteiger partial charge >= 0.3 is 0 Å². The molecule has 6 nitrogen and oxygen atoms in total. The Kier molecular flexibility index (Phi) is 4.66. The van der Waals surface area contributed by atoms with Gasteiger partial charge in [-0.1, -0.05) is 19.1 Å². The van der Waals surface area contributed by atoms with E-state index in [9.17, 15) is 4.79 Å². The maximum atomic E-state index is 13.1. The third-order valence-electron chi connectivity index (χ3n) is 5.59. The predicted molar refractivity (Wildman–Crippen MR) is 98.1 cm³/mol. The number of hydrogen-bond donors (Lipinski definition) is 0. The molecule has 2 aromatic rings. The van der Waals surface area contributed by atoms with Gasteiger partial charge in [0.2, 0.25) is 5.91 Å². The van der Waals surface area contributed by atoms with Gasteiger partial charge in [0, 0.05) is 25.4 Å². The Morgan fingerprint density at radius 2 is 2.12 bits per heavy atom. The van der Waals surface area contributed by atoms with Gasteiger partial charge in [-0.15, -0.1) is 10.2 Å². The maximum Gasteiger partial charge on any atom is 0.227 e. The number of fused-ring (bicyclic) bond motifs is 3. The van der Waals surface area contributed by atoms with E-state index in [1.807, 2.05) is 24.3 Å². The molecule has 138 valence electrons. The first-order valence-electron chi connectivity index (χ1n) is 9.54. The minimum Gasteiger partial charge on any atom is -0.497 e. The van der Waals surface area contributed by atoms with Crippen LogP contribution in [0.5, 0.6) is 5.75 Å². The highest BCUT2D eigenvalue weighted by Crippen LogP contribution is 2.32.